The lowest BCUT2D eigenvalue weighted by molar-refractivity contribution is 0.0836. The number of pyridine rings is 2. The van der Waals surface area contributed by atoms with Gasteiger partial charge in [0.25, 0.3) is 5.91 Å². The summed E-state index contributed by atoms with van der Waals surface area (Å²) in [4.78, 5) is 25.3. The van der Waals surface area contributed by atoms with Crippen LogP contribution in [0.3, 0.4) is 0 Å². The minimum atomic E-state index is -0.317. The van der Waals surface area contributed by atoms with Crippen molar-refractivity contribution in [1.29, 1.82) is 0 Å². The van der Waals surface area contributed by atoms with Gasteiger partial charge in [0.15, 0.2) is 0 Å². The first-order valence-electron chi connectivity index (χ1n) is 11.7. The van der Waals surface area contributed by atoms with Gasteiger partial charge in [-0.2, -0.15) is 0 Å². The second kappa shape index (κ2) is 9.97. The summed E-state index contributed by atoms with van der Waals surface area (Å²) < 4.78 is 25.1. The lowest BCUT2D eigenvalue weighted by atomic mass is 10.0. The van der Waals surface area contributed by atoms with Crippen molar-refractivity contribution >= 4 is 27.9 Å². The van der Waals surface area contributed by atoms with Crippen LogP contribution >= 0.6 is 0 Å². The number of piperazine rings is 1. The minimum absolute atomic E-state index is 0.145. The standard InChI is InChI=1S/C26H28FN5O3/c1-28-25(33)23-6-5-20(14-29-23)31-7-9-32(10-8-31)21-11-18(15-35-16-21)24-12-17-3-4-19(27)13-22(17)26(30-24)34-2/h3-6,11-14,21H,7-10,15-16H2,1-2H3,(H,28,33). The Morgan fingerprint density at radius 3 is 2.71 bits per heavy atom. The van der Waals surface area contributed by atoms with Crippen molar-refractivity contribution in [3.63, 3.8) is 0 Å². The molecule has 182 valence electrons. The molecule has 0 aliphatic carbocycles. The van der Waals surface area contributed by atoms with Gasteiger partial charge >= 0.3 is 0 Å². The van der Waals surface area contributed by atoms with Gasteiger partial charge in [0.05, 0.1) is 43.9 Å². The number of benzene rings is 1. The summed E-state index contributed by atoms with van der Waals surface area (Å²) in [6.07, 6.45) is 3.99. The first kappa shape index (κ1) is 23.2. The van der Waals surface area contributed by atoms with Gasteiger partial charge in [-0.3, -0.25) is 9.69 Å². The van der Waals surface area contributed by atoms with E-state index in [0.717, 1.165) is 48.5 Å². The maximum atomic E-state index is 13.7. The molecule has 0 radical (unpaired) electrons. The predicted octanol–water partition coefficient (Wildman–Crippen LogP) is 2.74. The maximum Gasteiger partial charge on any atom is 0.269 e. The molecular formula is C26H28FN5O3. The molecule has 2 aliphatic heterocycles. The Balaban J connectivity index is 1.29. The number of carbonyl (C=O) groups is 1. The van der Waals surface area contributed by atoms with E-state index in [9.17, 15) is 9.18 Å². The van der Waals surface area contributed by atoms with Crippen molar-refractivity contribution in [2.24, 2.45) is 0 Å². The quantitative estimate of drug-likeness (QED) is 0.605. The first-order valence-corrected chi connectivity index (χ1v) is 11.7. The fourth-order valence-electron chi connectivity index (χ4n) is 4.64. The van der Waals surface area contributed by atoms with Crippen molar-refractivity contribution in [1.82, 2.24) is 20.2 Å². The van der Waals surface area contributed by atoms with E-state index in [1.807, 2.05) is 12.1 Å². The highest BCUT2D eigenvalue weighted by atomic mass is 19.1. The topological polar surface area (TPSA) is 79.8 Å². The molecule has 35 heavy (non-hydrogen) atoms. The number of nitrogens with zero attached hydrogens (tertiary/aromatic N) is 4. The van der Waals surface area contributed by atoms with Crippen LogP contribution in [0, 0.1) is 5.82 Å². The summed E-state index contributed by atoms with van der Waals surface area (Å²) in [5.41, 5.74) is 3.21. The highest BCUT2D eigenvalue weighted by molar-refractivity contribution is 5.92. The Kier molecular flexibility index (Phi) is 6.61. The van der Waals surface area contributed by atoms with Crippen LogP contribution < -0.4 is 15.0 Å². The third-order valence-electron chi connectivity index (χ3n) is 6.58. The van der Waals surface area contributed by atoms with E-state index in [1.54, 1.807) is 32.5 Å². The second-order valence-corrected chi connectivity index (χ2v) is 8.66. The first-order chi connectivity index (χ1) is 17.1. The number of fused-ring (bicyclic) bond motifs is 1. The molecular weight excluding hydrogens is 449 g/mol. The van der Waals surface area contributed by atoms with Crippen LogP contribution in [0.1, 0.15) is 16.2 Å². The molecule has 3 aromatic rings. The molecule has 2 aliphatic rings. The summed E-state index contributed by atoms with van der Waals surface area (Å²) in [5, 5.41) is 4.12. The van der Waals surface area contributed by atoms with Crippen LogP contribution in [0.25, 0.3) is 16.3 Å². The molecule has 4 heterocycles. The van der Waals surface area contributed by atoms with Gasteiger partial charge in [-0.1, -0.05) is 12.1 Å². The van der Waals surface area contributed by atoms with Crippen molar-refractivity contribution in [3.8, 4) is 5.88 Å². The maximum absolute atomic E-state index is 13.7. The highest BCUT2D eigenvalue weighted by Crippen LogP contribution is 2.30. The number of rotatable bonds is 5. The van der Waals surface area contributed by atoms with Crippen molar-refractivity contribution in [2.75, 3.05) is 58.5 Å². The van der Waals surface area contributed by atoms with Crippen LogP contribution in [0.15, 0.2) is 48.7 Å². The molecule has 1 atom stereocenters. The number of halogens is 1. The second-order valence-electron chi connectivity index (χ2n) is 8.66. The fourth-order valence-corrected chi connectivity index (χ4v) is 4.64. The Morgan fingerprint density at radius 2 is 2.00 bits per heavy atom. The van der Waals surface area contributed by atoms with Gasteiger partial charge in [0, 0.05) is 44.2 Å². The van der Waals surface area contributed by atoms with Crippen LogP contribution in [0.2, 0.25) is 0 Å². The summed E-state index contributed by atoms with van der Waals surface area (Å²) in [7, 11) is 3.14. The Morgan fingerprint density at radius 1 is 1.17 bits per heavy atom. The molecule has 1 aromatic carbocycles. The number of nitrogens with one attached hydrogen (secondary N) is 1. The lowest BCUT2D eigenvalue weighted by Gasteiger charge is -2.40. The molecule has 1 unspecified atom stereocenters. The van der Waals surface area contributed by atoms with Crippen molar-refractivity contribution in [3.05, 3.63) is 65.9 Å². The van der Waals surface area contributed by atoms with Gasteiger partial charge in [-0.25, -0.2) is 14.4 Å². The number of anilines is 1. The molecule has 5 rings (SSSR count). The Labute approximate surface area is 203 Å². The largest absolute Gasteiger partial charge is 0.481 e. The lowest BCUT2D eigenvalue weighted by Crippen LogP contribution is -2.51. The Hall–Kier alpha value is -3.56. The number of amides is 1. The summed E-state index contributed by atoms with van der Waals surface area (Å²) in [6.45, 7) is 4.57. The number of carbonyl (C=O) groups excluding carboxylic acids is 1. The minimum Gasteiger partial charge on any atom is -0.481 e. The zero-order valence-corrected chi connectivity index (χ0v) is 19.8. The molecule has 9 heteroatoms. The summed E-state index contributed by atoms with van der Waals surface area (Å²) in [6, 6.07) is 10.4. The number of aromatic nitrogens is 2. The van der Waals surface area contributed by atoms with Crippen LogP contribution in [0.4, 0.5) is 10.1 Å². The molecule has 0 bridgehead atoms. The number of methoxy groups -OCH3 is 1. The molecule has 0 saturated carbocycles. The predicted molar refractivity (Wildman–Crippen MR) is 132 cm³/mol. The average Bonchev–Trinajstić information content (AvgIpc) is 2.92. The SMILES string of the molecule is CNC(=O)c1ccc(N2CCN(C3C=C(c4cc5ccc(F)cc5c(OC)n4)COC3)CC2)cn1. The molecule has 8 nitrogen and oxygen atoms in total. The smallest absolute Gasteiger partial charge is 0.269 e. The van der Waals surface area contributed by atoms with E-state index < -0.39 is 0 Å². The van der Waals surface area contributed by atoms with Crippen LogP contribution in [0.5, 0.6) is 5.88 Å². The van der Waals surface area contributed by atoms with E-state index in [0.29, 0.717) is 30.2 Å². The highest BCUT2D eigenvalue weighted by Gasteiger charge is 2.26. The molecule has 0 spiro atoms. The van der Waals surface area contributed by atoms with Gasteiger partial charge < -0.3 is 19.7 Å². The van der Waals surface area contributed by atoms with Crippen molar-refractivity contribution < 1.29 is 18.7 Å². The molecule has 1 N–H and O–H groups in total. The van der Waals surface area contributed by atoms with Crippen LogP contribution in [-0.4, -0.2) is 80.4 Å². The number of hydrogen-bond donors (Lipinski definition) is 1. The third kappa shape index (κ3) is 4.82. The van der Waals surface area contributed by atoms with E-state index in [4.69, 9.17) is 9.47 Å². The zero-order valence-electron chi connectivity index (χ0n) is 19.8. The van der Waals surface area contributed by atoms with Crippen LogP contribution in [-0.2, 0) is 4.74 Å². The number of ether oxygens (including phenoxy) is 2. The molecule has 2 aromatic heterocycles. The zero-order chi connectivity index (χ0) is 24.4. The van der Waals surface area contributed by atoms with E-state index in [-0.39, 0.29) is 17.8 Å². The monoisotopic (exact) mass is 477 g/mol. The van der Waals surface area contributed by atoms with E-state index in [1.165, 1.54) is 12.1 Å². The van der Waals surface area contributed by atoms with Gasteiger partial charge in [-0.05, 0) is 35.7 Å². The average molecular weight is 478 g/mol. The third-order valence-corrected chi connectivity index (χ3v) is 6.58. The fraction of sp³-hybridized carbons (Fsp3) is 0.346. The Bertz CT molecular complexity index is 1260. The molecule has 1 saturated heterocycles. The molecule has 1 fully saturated rings. The summed E-state index contributed by atoms with van der Waals surface area (Å²) in [5.74, 6) is -0.0976. The normalized spacial score (nSPS) is 18.9. The van der Waals surface area contributed by atoms with Gasteiger partial charge in [-0.15, -0.1) is 0 Å². The van der Waals surface area contributed by atoms with E-state index in [2.05, 4.69) is 31.2 Å². The summed E-state index contributed by atoms with van der Waals surface area (Å²) >= 11 is 0. The number of hydrogen-bond acceptors (Lipinski definition) is 7. The van der Waals surface area contributed by atoms with Crippen molar-refractivity contribution in [2.45, 2.75) is 6.04 Å². The van der Waals surface area contributed by atoms with Gasteiger partial charge in [0.2, 0.25) is 5.88 Å². The van der Waals surface area contributed by atoms with E-state index >= 15 is 0 Å². The molecule has 1 amide bonds. The van der Waals surface area contributed by atoms with Gasteiger partial charge in [0.1, 0.15) is 11.5 Å².